The molecule has 33 heavy (non-hydrogen) atoms. The van der Waals surface area contributed by atoms with Gasteiger partial charge in [-0.05, 0) is 24.6 Å². The SMILES string of the molecule is CCCCOc1cccc(N2C(=NC(=O)Cc3ccccc3OC)SC3CS(=O)(=O)CC32)c1. The summed E-state index contributed by atoms with van der Waals surface area (Å²) in [4.78, 5) is 19.2. The number of hydrogen-bond acceptors (Lipinski definition) is 6. The Hall–Kier alpha value is -2.52. The summed E-state index contributed by atoms with van der Waals surface area (Å²) in [6.45, 7) is 2.72. The van der Waals surface area contributed by atoms with Crippen LogP contribution in [0, 0.1) is 0 Å². The second-order valence-electron chi connectivity index (χ2n) is 8.15. The maximum Gasteiger partial charge on any atom is 0.252 e. The van der Waals surface area contributed by atoms with Crippen molar-refractivity contribution < 1.29 is 22.7 Å². The normalized spacial score (nSPS) is 22.4. The number of carbonyl (C=O) groups is 1. The monoisotopic (exact) mass is 488 g/mol. The molecule has 9 heteroatoms. The molecule has 0 aromatic heterocycles. The summed E-state index contributed by atoms with van der Waals surface area (Å²) in [5.41, 5.74) is 1.54. The highest BCUT2D eigenvalue weighted by molar-refractivity contribution is 8.16. The Morgan fingerprint density at radius 3 is 2.79 bits per heavy atom. The quantitative estimate of drug-likeness (QED) is 0.524. The fraction of sp³-hybridized carbons (Fsp3) is 0.417. The number of amidine groups is 1. The van der Waals surface area contributed by atoms with Crippen molar-refractivity contribution in [3.63, 3.8) is 0 Å². The maximum atomic E-state index is 12.9. The number of ether oxygens (including phenoxy) is 2. The predicted octanol–water partition coefficient (Wildman–Crippen LogP) is 3.72. The summed E-state index contributed by atoms with van der Waals surface area (Å²) in [7, 11) is -1.56. The molecule has 0 N–H and O–H groups in total. The maximum absolute atomic E-state index is 12.9. The highest BCUT2D eigenvalue weighted by Crippen LogP contribution is 2.41. The largest absolute Gasteiger partial charge is 0.496 e. The Morgan fingerprint density at radius 2 is 2.00 bits per heavy atom. The predicted molar refractivity (Wildman–Crippen MR) is 132 cm³/mol. The number of amides is 1. The Labute approximate surface area is 199 Å². The lowest BCUT2D eigenvalue weighted by atomic mass is 10.1. The molecule has 0 radical (unpaired) electrons. The number of benzene rings is 2. The van der Waals surface area contributed by atoms with E-state index in [1.54, 1.807) is 7.11 Å². The molecule has 2 atom stereocenters. The zero-order valence-corrected chi connectivity index (χ0v) is 20.4. The van der Waals surface area contributed by atoms with Crippen LogP contribution in [-0.2, 0) is 21.1 Å². The zero-order valence-electron chi connectivity index (χ0n) is 18.8. The highest BCUT2D eigenvalue weighted by atomic mass is 32.2. The van der Waals surface area contributed by atoms with Crippen LogP contribution in [0.15, 0.2) is 53.5 Å². The minimum atomic E-state index is -3.13. The van der Waals surface area contributed by atoms with E-state index in [0.29, 0.717) is 17.5 Å². The van der Waals surface area contributed by atoms with Crippen LogP contribution < -0.4 is 14.4 Å². The zero-order chi connectivity index (χ0) is 23.4. The summed E-state index contributed by atoms with van der Waals surface area (Å²) in [6, 6.07) is 14.7. The van der Waals surface area contributed by atoms with Crippen LogP contribution in [0.3, 0.4) is 0 Å². The van der Waals surface area contributed by atoms with Crippen LogP contribution >= 0.6 is 11.8 Å². The molecule has 2 aromatic rings. The molecule has 176 valence electrons. The third-order valence-electron chi connectivity index (χ3n) is 5.68. The Morgan fingerprint density at radius 1 is 1.18 bits per heavy atom. The van der Waals surface area contributed by atoms with E-state index >= 15 is 0 Å². The summed E-state index contributed by atoms with van der Waals surface area (Å²) in [5.74, 6) is 1.19. The average Bonchev–Trinajstić information content (AvgIpc) is 3.25. The molecular weight excluding hydrogens is 460 g/mol. The van der Waals surface area contributed by atoms with E-state index in [-0.39, 0.29) is 35.1 Å². The van der Waals surface area contributed by atoms with E-state index in [9.17, 15) is 13.2 Å². The Balaban J connectivity index is 1.61. The molecule has 2 unspecified atom stereocenters. The number of thioether (sulfide) groups is 1. The molecule has 4 rings (SSSR count). The van der Waals surface area contributed by atoms with Gasteiger partial charge in [0.2, 0.25) is 0 Å². The van der Waals surface area contributed by atoms with Crippen molar-refractivity contribution in [3.05, 3.63) is 54.1 Å². The lowest BCUT2D eigenvalue weighted by Crippen LogP contribution is -2.37. The van der Waals surface area contributed by atoms with Gasteiger partial charge < -0.3 is 14.4 Å². The number of para-hydroxylation sites is 1. The van der Waals surface area contributed by atoms with Crippen LogP contribution in [-0.4, -0.2) is 56.0 Å². The third-order valence-corrected chi connectivity index (χ3v) is 8.89. The van der Waals surface area contributed by atoms with E-state index < -0.39 is 9.84 Å². The number of rotatable bonds is 8. The molecule has 0 bridgehead atoms. The van der Waals surface area contributed by atoms with E-state index in [1.807, 2.05) is 53.4 Å². The molecule has 1 amide bonds. The molecule has 0 saturated carbocycles. The number of unbranched alkanes of at least 4 members (excludes halogenated alkanes) is 1. The van der Waals surface area contributed by atoms with Gasteiger partial charge in [-0.25, -0.2) is 8.42 Å². The lowest BCUT2D eigenvalue weighted by molar-refractivity contribution is -0.117. The first kappa shape index (κ1) is 23.6. The van der Waals surface area contributed by atoms with Gasteiger partial charge in [0.05, 0.1) is 37.7 Å². The first-order valence-electron chi connectivity index (χ1n) is 11.0. The average molecular weight is 489 g/mol. The number of fused-ring (bicyclic) bond motifs is 1. The summed E-state index contributed by atoms with van der Waals surface area (Å²) >= 11 is 1.37. The van der Waals surface area contributed by atoms with E-state index in [2.05, 4.69) is 11.9 Å². The van der Waals surface area contributed by atoms with Crippen molar-refractivity contribution in [1.82, 2.24) is 0 Å². The standard InChI is InChI=1S/C24H28N2O5S2/c1-3-4-12-31-19-10-7-9-18(14-19)26-20-15-33(28,29)16-22(20)32-24(26)25-23(27)13-17-8-5-6-11-21(17)30-2/h5-11,14,20,22H,3-4,12-13,15-16H2,1-2H3. The first-order chi connectivity index (χ1) is 15.9. The molecule has 2 aliphatic heterocycles. The van der Waals surface area contributed by atoms with Gasteiger partial charge in [0.25, 0.3) is 5.91 Å². The molecule has 0 spiro atoms. The van der Waals surface area contributed by atoms with Gasteiger partial charge in [-0.3, -0.25) is 4.79 Å². The van der Waals surface area contributed by atoms with Crippen LogP contribution in [0.2, 0.25) is 0 Å². The molecule has 0 aliphatic carbocycles. The van der Waals surface area contributed by atoms with Crippen molar-refractivity contribution >= 4 is 38.4 Å². The molecule has 7 nitrogen and oxygen atoms in total. The number of anilines is 1. The van der Waals surface area contributed by atoms with Crippen LogP contribution in [0.1, 0.15) is 25.3 Å². The van der Waals surface area contributed by atoms with Gasteiger partial charge in [0, 0.05) is 22.6 Å². The topological polar surface area (TPSA) is 85.3 Å². The summed E-state index contributed by atoms with van der Waals surface area (Å²) in [5, 5.41) is 0.378. The van der Waals surface area contributed by atoms with Crippen molar-refractivity contribution in [2.45, 2.75) is 37.5 Å². The molecule has 2 saturated heterocycles. The minimum absolute atomic E-state index is 0.0469. The van der Waals surface area contributed by atoms with E-state index in [4.69, 9.17) is 9.47 Å². The second-order valence-corrected chi connectivity index (χ2v) is 11.5. The van der Waals surface area contributed by atoms with Crippen LogP contribution in [0.25, 0.3) is 0 Å². The number of sulfone groups is 1. The van der Waals surface area contributed by atoms with Crippen LogP contribution in [0.5, 0.6) is 11.5 Å². The molecule has 2 fully saturated rings. The Bertz CT molecular complexity index is 1150. The van der Waals surface area contributed by atoms with E-state index in [0.717, 1.165) is 29.8 Å². The molecule has 2 aromatic carbocycles. The number of aliphatic imine (C=N–C) groups is 1. The second kappa shape index (κ2) is 10.2. The molecule has 2 heterocycles. The first-order valence-corrected chi connectivity index (χ1v) is 13.7. The molecule has 2 aliphatic rings. The van der Waals surface area contributed by atoms with Gasteiger partial charge in [-0.15, -0.1) is 0 Å². The van der Waals surface area contributed by atoms with Crippen molar-refractivity contribution in [2.75, 3.05) is 30.1 Å². The van der Waals surface area contributed by atoms with Gasteiger partial charge in [0.15, 0.2) is 15.0 Å². The smallest absolute Gasteiger partial charge is 0.252 e. The van der Waals surface area contributed by atoms with Gasteiger partial charge in [0.1, 0.15) is 11.5 Å². The van der Waals surface area contributed by atoms with Crippen LogP contribution in [0.4, 0.5) is 5.69 Å². The number of carbonyl (C=O) groups excluding carboxylic acids is 1. The van der Waals surface area contributed by atoms with E-state index in [1.165, 1.54) is 11.8 Å². The minimum Gasteiger partial charge on any atom is -0.496 e. The highest BCUT2D eigenvalue weighted by Gasteiger charge is 2.49. The summed E-state index contributed by atoms with van der Waals surface area (Å²) < 4.78 is 35.8. The molecular formula is C24H28N2O5S2. The van der Waals surface area contributed by atoms with Crippen molar-refractivity contribution in [3.8, 4) is 11.5 Å². The van der Waals surface area contributed by atoms with Gasteiger partial charge >= 0.3 is 0 Å². The number of methoxy groups -OCH3 is 1. The third kappa shape index (κ3) is 5.52. The lowest BCUT2D eigenvalue weighted by Gasteiger charge is -2.25. The Kier molecular flexibility index (Phi) is 7.29. The van der Waals surface area contributed by atoms with Crippen molar-refractivity contribution in [2.24, 2.45) is 4.99 Å². The fourth-order valence-electron chi connectivity index (χ4n) is 4.08. The number of hydrogen-bond donors (Lipinski definition) is 0. The van der Waals surface area contributed by atoms with Gasteiger partial charge in [-0.2, -0.15) is 4.99 Å². The van der Waals surface area contributed by atoms with Crippen molar-refractivity contribution in [1.29, 1.82) is 0 Å². The fourth-order valence-corrected chi connectivity index (χ4v) is 8.01. The number of nitrogens with zero attached hydrogens (tertiary/aromatic N) is 2. The summed E-state index contributed by atoms with van der Waals surface area (Å²) in [6.07, 6.45) is 2.10. The van der Waals surface area contributed by atoms with Gasteiger partial charge in [-0.1, -0.05) is 49.4 Å².